The number of aryl methyl sites for hydroxylation is 2. The standard InChI is InChI=1S/C16H14N2O2/c1-10-7-11(2)17-14(10)8-13-12-5-3-4-6-15(12)18(9-19)16(13)20/h3-9,17H,1-2H3/b13-8-. The summed E-state index contributed by atoms with van der Waals surface area (Å²) < 4.78 is 0. The normalized spacial score (nSPS) is 15.8. The maximum absolute atomic E-state index is 12.3. The Morgan fingerprint density at radius 2 is 1.95 bits per heavy atom. The number of imide groups is 1. The van der Waals surface area contributed by atoms with Crippen LogP contribution in [0.4, 0.5) is 5.69 Å². The highest BCUT2D eigenvalue weighted by Crippen LogP contribution is 2.36. The van der Waals surface area contributed by atoms with Crippen LogP contribution in [0.3, 0.4) is 0 Å². The second-order valence-corrected chi connectivity index (χ2v) is 4.90. The summed E-state index contributed by atoms with van der Waals surface area (Å²) in [5, 5.41) is 0. The number of carbonyl (C=O) groups excluding carboxylic acids is 2. The van der Waals surface area contributed by atoms with Crippen molar-refractivity contribution in [1.29, 1.82) is 0 Å². The molecule has 0 saturated carbocycles. The average Bonchev–Trinajstić information content (AvgIpc) is 2.88. The van der Waals surface area contributed by atoms with E-state index in [1.807, 2.05) is 44.2 Å². The summed E-state index contributed by atoms with van der Waals surface area (Å²) in [6.45, 7) is 3.95. The van der Waals surface area contributed by atoms with Crippen LogP contribution in [0.25, 0.3) is 11.6 Å². The van der Waals surface area contributed by atoms with Crippen LogP contribution in [-0.4, -0.2) is 17.3 Å². The third-order valence-corrected chi connectivity index (χ3v) is 3.49. The van der Waals surface area contributed by atoms with Crippen LogP contribution in [0.15, 0.2) is 30.3 Å². The Balaban J connectivity index is 2.17. The molecule has 0 radical (unpaired) electrons. The Morgan fingerprint density at radius 3 is 2.60 bits per heavy atom. The first-order valence-corrected chi connectivity index (χ1v) is 6.38. The van der Waals surface area contributed by atoms with Gasteiger partial charge < -0.3 is 4.98 Å². The zero-order valence-electron chi connectivity index (χ0n) is 11.3. The van der Waals surface area contributed by atoms with E-state index in [0.717, 1.165) is 27.4 Å². The van der Waals surface area contributed by atoms with E-state index in [4.69, 9.17) is 0 Å². The fourth-order valence-electron chi connectivity index (χ4n) is 2.55. The first-order valence-electron chi connectivity index (χ1n) is 6.38. The lowest BCUT2D eigenvalue weighted by atomic mass is 10.1. The van der Waals surface area contributed by atoms with Gasteiger partial charge in [0.1, 0.15) is 0 Å². The van der Waals surface area contributed by atoms with Crippen LogP contribution in [0.2, 0.25) is 0 Å². The number of anilines is 1. The highest BCUT2D eigenvalue weighted by Gasteiger charge is 2.31. The molecule has 3 rings (SSSR count). The molecule has 20 heavy (non-hydrogen) atoms. The summed E-state index contributed by atoms with van der Waals surface area (Å²) in [4.78, 5) is 27.8. The van der Waals surface area contributed by atoms with Gasteiger partial charge in [-0.2, -0.15) is 0 Å². The highest BCUT2D eigenvalue weighted by molar-refractivity contribution is 6.40. The number of para-hydroxylation sites is 1. The number of rotatable bonds is 2. The van der Waals surface area contributed by atoms with Crippen LogP contribution < -0.4 is 4.90 Å². The molecule has 4 heteroatoms. The third-order valence-electron chi connectivity index (χ3n) is 3.49. The van der Waals surface area contributed by atoms with Gasteiger partial charge in [0.2, 0.25) is 6.41 Å². The second kappa shape index (κ2) is 4.49. The molecule has 0 aliphatic carbocycles. The van der Waals surface area contributed by atoms with Crippen molar-refractivity contribution >= 4 is 29.7 Å². The zero-order valence-corrected chi connectivity index (χ0v) is 11.3. The molecule has 2 aromatic rings. The van der Waals surface area contributed by atoms with E-state index < -0.39 is 0 Å². The van der Waals surface area contributed by atoms with Crippen molar-refractivity contribution in [3.8, 4) is 0 Å². The molecule has 1 N–H and O–H groups in total. The summed E-state index contributed by atoms with van der Waals surface area (Å²) in [6.07, 6.45) is 2.38. The largest absolute Gasteiger partial charge is 0.359 e. The summed E-state index contributed by atoms with van der Waals surface area (Å²) >= 11 is 0. The van der Waals surface area contributed by atoms with Gasteiger partial charge in [0.05, 0.1) is 11.3 Å². The minimum absolute atomic E-state index is 0.284. The fourth-order valence-corrected chi connectivity index (χ4v) is 2.55. The number of aromatic amines is 1. The quantitative estimate of drug-likeness (QED) is 0.671. The molecule has 4 nitrogen and oxygen atoms in total. The maximum Gasteiger partial charge on any atom is 0.265 e. The molecule has 2 amide bonds. The lowest BCUT2D eigenvalue weighted by Gasteiger charge is -2.05. The number of aromatic nitrogens is 1. The molecule has 0 saturated heterocycles. The molecule has 1 aromatic carbocycles. The van der Waals surface area contributed by atoms with Crippen LogP contribution in [0, 0.1) is 13.8 Å². The molecule has 0 bridgehead atoms. The Hall–Kier alpha value is -2.62. The minimum Gasteiger partial charge on any atom is -0.359 e. The topological polar surface area (TPSA) is 53.2 Å². The smallest absolute Gasteiger partial charge is 0.265 e. The summed E-state index contributed by atoms with van der Waals surface area (Å²) in [7, 11) is 0. The van der Waals surface area contributed by atoms with E-state index in [9.17, 15) is 9.59 Å². The van der Waals surface area contributed by atoms with Crippen molar-refractivity contribution in [2.75, 3.05) is 4.90 Å². The Bertz CT molecular complexity index is 741. The lowest BCUT2D eigenvalue weighted by Crippen LogP contribution is -2.24. The van der Waals surface area contributed by atoms with Gasteiger partial charge >= 0.3 is 0 Å². The van der Waals surface area contributed by atoms with Crippen LogP contribution in [0.5, 0.6) is 0 Å². The van der Waals surface area contributed by atoms with E-state index in [2.05, 4.69) is 4.98 Å². The number of nitrogens with zero attached hydrogens (tertiary/aromatic N) is 1. The van der Waals surface area contributed by atoms with Crippen LogP contribution >= 0.6 is 0 Å². The van der Waals surface area contributed by atoms with Crippen molar-refractivity contribution in [1.82, 2.24) is 4.98 Å². The molecular formula is C16H14N2O2. The van der Waals surface area contributed by atoms with E-state index in [-0.39, 0.29) is 5.91 Å². The minimum atomic E-state index is -0.284. The van der Waals surface area contributed by atoms with E-state index in [0.29, 0.717) is 17.7 Å². The number of carbonyl (C=O) groups is 2. The first kappa shape index (κ1) is 12.4. The number of hydrogen-bond donors (Lipinski definition) is 1. The van der Waals surface area contributed by atoms with E-state index in [1.165, 1.54) is 0 Å². The number of amides is 2. The molecule has 0 atom stereocenters. The molecule has 100 valence electrons. The van der Waals surface area contributed by atoms with Gasteiger partial charge in [0, 0.05) is 17.0 Å². The maximum atomic E-state index is 12.3. The predicted octanol–water partition coefficient (Wildman–Crippen LogP) is 2.68. The van der Waals surface area contributed by atoms with Gasteiger partial charge in [-0.15, -0.1) is 0 Å². The monoisotopic (exact) mass is 266 g/mol. The molecule has 0 unspecified atom stereocenters. The number of hydrogen-bond acceptors (Lipinski definition) is 2. The van der Waals surface area contributed by atoms with E-state index >= 15 is 0 Å². The third kappa shape index (κ3) is 1.77. The average molecular weight is 266 g/mol. The predicted molar refractivity (Wildman–Crippen MR) is 78.1 cm³/mol. The number of benzene rings is 1. The van der Waals surface area contributed by atoms with Crippen molar-refractivity contribution in [2.24, 2.45) is 0 Å². The van der Waals surface area contributed by atoms with Gasteiger partial charge in [0.25, 0.3) is 5.91 Å². The molecular weight excluding hydrogens is 252 g/mol. The second-order valence-electron chi connectivity index (χ2n) is 4.90. The van der Waals surface area contributed by atoms with Crippen molar-refractivity contribution in [3.63, 3.8) is 0 Å². The van der Waals surface area contributed by atoms with Crippen LogP contribution in [0.1, 0.15) is 22.5 Å². The van der Waals surface area contributed by atoms with Crippen LogP contribution in [-0.2, 0) is 9.59 Å². The number of H-pyrrole nitrogens is 1. The summed E-state index contributed by atoms with van der Waals surface area (Å²) in [5.41, 5.74) is 4.98. The number of fused-ring (bicyclic) bond motifs is 1. The number of nitrogens with one attached hydrogen (secondary N) is 1. The fraction of sp³-hybridized carbons (Fsp3) is 0.125. The Kier molecular flexibility index (Phi) is 2.79. The summed E-state index contributed by atoms with van der Waals surface area (Å²) in [6, 6.07) is 9.33. The molecule has 0 fully saturated rings. The summed E-state index contributed by atoms with van der Waals surface area (Å²) in [5.74, 6) is -0.284. The Labute approximate surface area is 116 Å². The Morgan fingerprint density at radius 1 is 1.20 bits per heavy atom. The first-order chi connectivity index (χ1) is 9.61. The molecule has 0 spiro atoms. The molecule has 1 aromatic heterocycles. The molecule has 2 heterocycles. The van der Waals surface area contributed by atoms with Crippen molar-refractivity contribution in [2.45, 2.75) is 13.8 Å². The van der Waals surface area contributed by atoms with Gasteiger partial charge in [-0.25, -0.2) is 4.90 Å². The SMILES string of the molecule is Cc1cc(C)c(/C=C2\C(=O)N(C=O)c3ccccc32)[nH]1. The zero-order chi connectivity index (χ0) is 14.3. The van der Waals surface area contributed by atoms with Gasteiger partial charge in [-0.05, 0) is 37.6 Å². The molecule has 1 aliphatic heterocycles. The van der Waals surface area contributed by atoms with Gasteiger partial charge in [-0.1, -0.05) is 18.2 Å². The van der Waals surface area contributed by atoms with Crippen molar-refractivity contribution < 1.29 is 9.59 Å². The highest BCUT2D eigenvalue weighted by atomic mass is 16.2. The molecule has 1 aliphatic rings. The van der Waals surface area contributed by atoms with Crippen molar-refractivity contribution in [3.05, 3.63) is 52.8 Å². The van der Waals surface area contributed by atoms with Gasteiger partial charge in [-0.3, -0.25) is 9.59 Å². The lowest BCUT2D eigenvalue weighted by molar-refractivity contribution is -0.117. The van der Waals surface area contributed by atoms with E-state index in [1.54, 1.807) is 6.07 Å². The van der Waals surface area contributed by atoms with Gasteiger partial charge in [0.15, 0.2) is 0 Å².